The van der Waals surface area contributed by atoms with Gasteiger partial charge in [-0.1, -0.05) is 41.6 Å². The Morgan fingerprint density at radius 1 is 0.837 bits per heavy atom. The molecule has 0 aliphatic rings. The maximum absolute atomic E-state index is 13.7. The Kier molecular flexibility index (Phi) is 9.04. The molecule has 10 nitrogen and oxygen atoms in total. The van der Waals surface area contributed by atoms with Crippen LogP contribution in [0.5, 0.6) is 0 Å². The summed E-state index contributed by atoms with van der Waals surface area (Å²) in [7, 11) is -3.78. The molecule has 218 valence electrons. The minimum atomic E-state index is -3.78. The number of anilines is 1. The van der Waals surface area contributed by atoms with Gasteiger partial charge in [-0.15, -0.1) is 10.2 Å². The van der Waals surface area contributed by atoms with Crippen LogP contribution in [0.15, 0.2) is 113 Å². The molecule has 0 aliphatic heterocycles. The normalized spacial score (nSPS) is 11.1. The number of hydrogen-bond acceptors (Lipinski definition) is 7. The van der Waals surface area contributed by atoms with Crippen LogP contribution in [0.4, 0.5) is 10.1 Å². The highest BCUT2D eigenvalue weighted by Crippen LogP contribution is 2.29. The van der Waals surface area contributed by atoms with Crippen molar-refractivity contribution < 1.29 is 22.4 Å². The van der Waals surface area contributed by atoms with Crippen molar-refractivity contribution in [2.75, 3.05) is 10.5 Å². The second kappa shape index (κ2) is 13.1. The Balaban J connectivity index is 1.32. The number of amides is 2. The Morgan fingerprint density at radius 3 is 2.19 bits per heavy atom. The van der Waals surface area contributed by atoms with Crippen LogP contribution in [0, 0.1) is 5.82 Å². The third kappa shape index (κ3) is 7.38. The van der Waals surface area contributed by atoms with E-state index in [4.69, 9.17) is 11.6 Å². The third-order valence-electron chi connectivity index (χ3n) is 5.92. The summed E-state index contributed by atoms with van der Waals surface area (Å²) in [6, 6.07) is 26.3. The second-order valence-corrected chi connectivity index (χ2v) is 12.0. The lowest BCUT2D eigenvalue weighted by Gasteiger charge is -2.12. The molecule has 43 heavy (non-hydrogen) atoms. The lowest BCUT2D eigenvalue weighted by Crippen LogP contribution is -2.42. The van der Waals surface area contributed by atoms with Crippen LogP contribution in [0.25, 0.3) is 17.1 Å². The Morgan fingerprint density at radius 2 is 1.51 bits per heavy atom. The highest BCUT2D eigenvalue weighted by Gasteiger charge is 2.19. The van der Waals surface area contributed by atoms with Gasteiger partial charge in [-0.25, -0.2) is 12.8 Å². The lowest BCUT2D eigenvalue weighted by molar-refractivity contribution is -0.119. The Hall–Kier alpha value is -4.72. The van der Waals surface area contributed by atoms with Crippen LogP contribution < -0.4 is 15.6 Å². The first kappa shape index (κ1) is 29.8. The Bertz CT molecular complexity index is 1850. The molecule has 14 heteroatoms. The number of carbonyl (C=O) groups is 2. The van der Waals surface area contributed by atoms with Crippen LogP contribution in [0.2, 0.25) is 5.02 Å². The van der Waals surface area contributed by atoms with Crippen molar-refractivity contribution in [3.05, 3.63) is 120 Å². The maximum atomic E-state index is 13.7. The number of sulfonamides is 1. The number of benzene rings is 4. The first-order chi connectivity index (χ1) is 20.7. The average Bonchev–Trinajstić information content (AvgIpc) is 3.44. The molecule has 0 radical (unpaired) electrons. The largest absolute Gasteiger partial charge is 0.280 e. The van der Waals surface area contributed by atoms with Gasteiger partial charge in [0.2, 0.25) is 5.91 Å². The lowest BCUT2D eigenvalue weighted by atomic mass is 10.2. The number of aromatic nitrogens is 3. The highest BCUT2D eigenvalue weighted by molar-refractivity contribution is 7.99. The minimum absolute atomic E-state index is 0.125. The van der Waals surface area contributed by atoms with Gasteiger partial charge >= 0.3 is 0 Å². The molecule has 2 amide bonds. The molecule has 1 aromatic heterocycles. The van der Waals surface area contributed by atoms with E-state index in [1.54, 1.807) is 71.3 Å². The molecular formula is C29H22ClFN6O4S2. The molecule has 1 heterocycles. The van der Waals surface area contributed by atoms with E-state index in [0.717, 1.165) is 11.8 Å². The van der Waals surface area contributed by atoms with E-state index in [9.17, 15) is 22.4 Å². The molecule has 0 unspecified atom stereocenters. The summed E-state index contributed by atoms with van der Waals surface area (Å²) < 4.78 is 43.3. The number of nitrogens with one attached hydrogen (secondary N) is 3. The highest BCUT2D eigenvalue weighted by atomic mass is 35.5. The molecule has 0 aliphatic carbocycles. The Labute approximate surface area is 255 Å². The summed E-state index contributed by atoms with van der Waals surface area (Å²) in [5.74, 6) is -1.19. The second-order valence-electron chi connectivity index (χ2n) is 8.91. The summed E-state index contributed by atoms with van der Waals surface area (Å²) in [5, 5.41) is 9.32. The molecule has 0 saturated carbocycles. The van der Waals surface area contributed by atoms with Crippen molar-refractivity contribution in [3.63, 3.8) is 0 Å². The van der Waals surface area contributed by atoms with Gasteiger partial charge < -0.3 is 0 Å². The van der Waals surface area contributed by atoms with Crippen LogP contribution in [0.1, 0.15) is 10.4 Å². The number of nitrogens with zero attached hydrogens (tertiary/aromatic N) is 3. The topological polar surface area (TPSA) is 135 Å². The summed E-state index contributed by atoms with van der Waals surface area (Å²) >= 11 is 6.89. The number of hydrazine groups is 1. The van der Waals surface area contributed by atoms with Crippen molar-refractivity contribution in [2.45, 2.75) is 10.1 Å². The van der Waals surface area contributed by atoms with E-state index in [2.05, 4.69) is 25.8 Å². The standard InChI is InChI=1S/C29H22ClFN6O4S2/c30-21-10-6-20(7-11-21)28(39)34-32-26(38)18-42-29-35-33-27(37(29)24-16-12-22(31)13-17-24)19-8-14-23(15-9-19)36-43(40,41)25-4-2-1-3-5-25/h1-17,36H,18H2,(H,32,38)(H,34,39). The van der Waals surface area contributed by atoms with Gasteiger partial charge in [0.25, 0.3) is 15.9 Å². The first-order valence-electron chi connectivity index (χ1n) is 12.6. The van der Waals surface area contributed by atoms with E-state index in [1.165, 1.54) is 36.4 Å². The van der Waals surface area contributed by atoms with E-state index in [0.29, 0.717) is 38.5 Å². The van der Waals surface area contributed by atoms with Gasteiger partial charge in [0, 0.05) is 27.5 Å². The fourth-order valence-electron chi connectivity index (χ4n) is 3.84. The van der Waals surface area contributed by atoms with E-state index in [-0.39, 0.29) is 10.6 Å². The van der Waals surface area contributed by atoms with Crippen LogP contribution in [-0.4, -0.2) is 40.7 Å². The molecule has 0 saturated heterocycles. The minimum Gasteiger partial charge on any atom is -0.280 e. The SMILES string of the molecule is O=C(CSc1nnc(-c2ccc(NS(=O)(=O)c3ccccc3)cc2)n1-c1ccc(F)cc1)NNC(=O)c1ccc(Cl)cc1. The molecule has 0 atom stereocenters. The van der Waals surface area contributed by atoms with Gasteiger partial charge in [0.15, 0.2) is 11.0 Å². The number of rotatable bonds is 9. The number of hydrogen-bond donors (Lipinski definition) is 3. The van der Waals surface area contributed by atoms with E-state index >= 15 is 0 Å². The zero-order chi connectivity index (χ0) is 30.4. The summed E-state index contributed by atoms with van der Waals surface area (Å²) in [5.41, 5.74) is 6.48. The fourth-order valence-corrected chi connectivity index (χ4v) is 5.80. The van der Waals surface area contributed by atoms with Gasteiger partial charge in [-0.3, -0.25) is 29.7 Å². The molecular weight excluding hydrogens is 615 g/mol. The van der Waals surface area contributed by atoms with Crippen LogP contribution in [0.3, 0.4) is 0 Å². The monoisotopic (exact) mass is 636 g/mol. The first-order valence-corrected chi connectivity index (χ1v) is 15.4. The predicted molar refractivity (Wildman–Crippen MR) is 162 cm³/mol. The van der Waals surface area contributed by atoms with Crippen molar-refractivity contribution in [2.24, 2.45) is 0 Å². The summed E-state index contributed by atoms with van der Waals surface area (Å²) in [6.07, 6.45) is 0. The maximum Gasteiger partial charge on any atom is 0.269 e. The molecule has 0 bridgehead atoms. The third-order valence-corrected chi connectivity index (χ3v) is 8.50. The van der Waals surface area contributed by atoms with Crippen molar-refractivity contribution in [3.8, 4) is 17.1 Å². The molecule has 5 rings (SSSR count). The van der Waals surface area contributed by atoms with Gasteiger partial charge in [0.1, 0.15) is 5.82 Å². The molecule has 3 N–H and O–H groups in total. The van der Waals surface area contributed by atoms with Crippen LogP contribution >= 0.6 is 23.4 Å². The predicted octanol–water partition coefficient (Wildman–Crippen LogP) is 5.08. The summed E-state index contributed by atoms with van der Waals surface area (Å²) in [4.78, 5) is 24.9. The number of thioether (sulfide) groups is 1. The fraction of sp³-hybridized carbons (Fsp3) is 0.0345. The zero-order valence-electron chi connectivity index (χ0n) is 22.1. The van der Waals surface area contributed by atoms with Crippen molar-refractivity contribution in [1.29, 1.82) is 0 Å². The molecule has 0 fully saturated rings. The molecule has 5 aromatic rings. The number of carbonyl (C=O) groups excluding carboxylic acids is 2. The van der Waals surface area contributed by atoms with E-state index in [1.807, 2.05) is 0 Å². The smallest absolute Gasteiger partial charge is 0.269 e. The van der Waals surface area contributed by atoms with Gasteiger partial charge in [-0.2, -0.15) is 0 Å². The van der Waals surface area contributed by atoms with Crippen molar-refractivity contribution in [1.82, 2.24) is 25.6 Å². The molecule has 4 aromatic carbocycles. The van der Waals surface area contributed by atoms with Crippen LogP contribution in [-0.2, 0) is 14.8 Å². The summed E-state index contributed by atoms with van der Waals surface area (Å²) in [6.45, 7) is 0. The molecule has 0 spiro atoms. The van der Waals surface area contributed by atoms with Gasteiger partial charge in [0.05, 0.1) is 10.6 Å². The van der Waals surface area contributed by atoms with Gasteiger partial charge in [-0.05, 0) is 84.9 Å². The average molecular weight is 637 g/mol. The number of halogens is 2. The van der Waals surface area contributed by atoms with E-state index < -0.39 is 27.7 Å². The van der Waals surface area contributed by atoms with Crippen molar-refractivity contribution >= 4 is 50.9 Å². The quantitative estimate of drug-likeness (QED) is 0.152. The zero-order valence-corrected chi connectivity index (χ0v) is 24.5.